The topological polar surface area (TPSA) is 90.9 Å². The number of anilines is 1. The van der Waals surface area contributed by atoms with Gasteiger partial charge < -0.3 is 5.73 Å². The molecular weight excluding hydrogens is 236 g/mol. The standard InChI is InChI=1S/C7H8N4O2S2/c1-15(12,13)5-4-10-11(6(5)8)7-9-2-3-14-7/h2-4H,8H2,1H3. The number of nitrogens with two attached hydrogens (primary N) is 1. The summed E-state index contributed by atoms with van der Waals surface area (Å²) in [5.74, 6) is 0.0902. The van der Waals surface area contributed by atoms with Crippen LogP contribution in [0.15, 0.2) is 22.7 Å². The summed E-state index contributed by atoms with van der Waals surface area (Å²) < 4.78 is 23.9. The number of nitrogens with zero attached hydrogens (tertiary/aromatic N) is 3. The highest BCUT2D eigenvalue weighted by Gasteiger charge is 2.18. The molecule has 6 nitrogen and oxygen atoms in total. The summed E-state index contributed by atoms with van der Waals surface area (Å²) >= 11 is 1.33. The second kappa shape index (κ2) is 3.31. The summed E-state index contributed by atoms with van der Waals surface area (Å²) in [7, 11) is -3.34. The molecule has 0 amide bonds. The van der Waals surface area contributed by atoms with Crippen molar-refractivity contribution in [2.75, 3.05) is 12.0 Å². The van der Waals surface area contributed by atoms with Crippen molar-refractivity contribution in [2.45, 2.75) is 4.90 Å². The van der Waals surface area contributed by atoms with E-state index < -0.39 is 9.84 Å². The summed E-state index contributed by atoms with van der Waals surface area (Å²) in [6, 6.07) is 0. The van der Waals surface area contributed by atoms with Crippen LogP contribution in [0.25, 0.3) is 5.13 Å². The normalized spacial score (nSPS) is 11.8. The molecular formula is C7H8N4O2S2. The van der Waals surface area contributed by atoms with Gasteiger partial charge >= 0.3 is 0 Å². The maximum atomic E-state index is 11.3. The van der Waals surface area contributed by atoms with Gasteiger partial charge in [0.1, 0.15) is 10.7 Å². The molecule has 0 unspecified atom stereocenters. The highest BCUT2D eigenvalue weighted by molar-refractivity contribution is 7.90. The van der Waals surface area contributed by atoms with Crippen molar-refractivity contribution >= 4 is 27.0 Å². The van der Waals surface area contributed by atoms with Gasteiger partial charge in [-0.1, -0.05) is 0 Å². The van der Waals surface area contributed by atoms with Gasteiger partial charge in [-0.05, 0) is 0 Å². The van der Waals surface area contributed by atoms with E-state index >= 15 is 0 Å². The molecule has 0 bridgehead atoms. The van der Waals surface area contributed by atoms with Gasteiger partial charge in [0.15, 0.2) is 9.84 Å². The van der Waals surface area contributed by atoms with Crippen LogP contribution in [0.4, 0.5) is 5.82 Å². The Hall–Kier alpha value is -1.41. The monoisotopic (exact) mass is 244 g/mol. The average molecular weight is 244 g/mol. The molecule has 0 saturated carbocycles. The minimum absolute atomic E-state index is 0.0256. The smallest absolute Gasteiger partial charge is 0.212 e. The fourth-order valence-corrected chi connectivity index (χ4v) is 2.42. The van der Waals surface area contributed by atoms with E-state index in [-0.39, 0.29) is 10.7 Å². The zero-order valence-electron chi connectivity index (χ0n) is 7.78. The zero-order valence-corrected chi connectivity index (χ0v) is 9.42. The van der Waals surface area contributed by atoms with E-state index in [0.717, 1.165) is 6.26 Å². The first-order valence-corrected chi connectivity index (χ1v) is 6.70. The molecule has 8 heteroatoms. The summed E-state index contributed by atoms with van der Waals surface area (Å²) in [5, 5.41) is 6.19. The first kappa shape index (κ1) is 10.1. The van der Waals surface area contributed by atoms with Crippen LogP contribution in [-0.4, -0.2) is 29.4 Å². The van der Waals surface area contributed by atoms with Gasteiger partial charge in [0.05, 0.1) is 6.20 Å². The van der Waals surface area contributed by atoms with Gasteiger partial charge in [0.25, 0.3) is 0 Å². The second-order valence-corrected chi connectivity index (χ2v) is 5.75. The molecule has 0 aliphatic rings. The highest BCUT2D eigenvalue weighted by atomic mass is 32.2. The van der Waals surface area contributed by atoms with E-state index in [9.17, 15) is 8.42 Å². The van der Waals surface area contributed by atoms with E-state index in [1.807, 2.05) is 0 Å². The lowest BCUT2D eigenvalue weighted by molar-refractivity contribution is 0.602. The molecule has 2 heterocycles. The molecule has 80 valence electrons. The molecule has 2 N–H and O–H groups in total. The van der Waals surface area contributed by atoms with Gasteiger partial charge in [0, 0.05) is 17.8 Å². The van der Waals surface area contributed by atoms with Crippen LogP contribution >= 0.6 is 11.3 Å². The Labute approximate surface area is 90.3 Å². The summed E-state index contributed by atoms with van der Waals surface area (Å²) in [6.07, 6.45) is 3.92. The van der Waals surface area contributed by atoms with Crippen molar-refractivity contribution in [1.29, 1.82) is 0 Å². The van der Waals surface area contributed by atoms with Gasteiger partial charge in [-0.25, -0.2) is 13.4 Å². The van der Waals surface area contributed by atoms with Gasteiger partial charge in [0.2, 0.25) is 5.13 Å². The molecule has 0 aliphatic carbocycles. The number of hydrogen-bond acceptors (Lipinski definition) is 6. The Morgan fingerprint density at radius 3 is 2.73 bits per heavy atom. The minimum atomic E-state index is -3.34. The molecule has 2 aromatic rings. The number of hydrogen-bond donors (Lipinski definition) is 1. The molecule has 15 heavy (non-hydrogen) atoms. The number of rotatable bonds is 2. The minimum Gasteiger partial charge on any atom is -0.382 e. The van der Waals surface area contributed by atoms with Crippen molar-refractivity contribution < 1.29 is 8.42 Å². The van der Waals surface area contributed by atoms with Gasteiger partial charge in [-0.15, -0.1) is 11.3 Å². The van der Waals surface area contributed by atoms with Crippen LogP contribution in [0, 0.1) is 0 Å². The number of nitrogen functional groups attached to an aromatic ring is 1. The molecule has 0 radical (unpaired) electrons. The van der Waals surface area contributed by atoms with Crippen molar-refractivity contribution in [2.24, 2.45) is 0 Å². The summed E-state index contributed by atoms with van der Waals surface area (Å²) in [6.45, 7) is 0. The van der Waals surface area contributed by atoms with E-state index in [2.05, 4.69) is 10.1 Å². The fraction of sp³-hybridized carbons (Fsp3) is 0.143. The SMILES string of the molecule is CS(=O)(=O)c1cnn(-c2nccs2)c1N. The lowest BCUT2D eigenvalue weighted by atomic mass is 10.6. The Balaban J connectivity index is 2.60. The number of thiazole rings is 1. The van der Waals surface area contributed by atoms with Crippen LogP contribution in [0.5, 0.6) is 0 Å². The van der Waals surface area contributed by atoms with Crippen LogP contribution in [0.2, 0.25) is 0 Å². The zero-order chi connectivity index (χ0) is 11.1. The van der Waals surface area contributed by atoms with E-state index in [0.29, 0.717) is 5.13 Å². The predicted molar refractivity (Wildman–Crippen MR) is 56.8 cm³/mol. The van der Waals surface area contributed by atoms with Crippen LogP contribution in [0.1, 0.15) is 0 Å². The highest BCUT2D eigenvalue weighted by Crippen LogP contribution is 2.21. The molecule has 0 aliphatic heterocycles. The molecule has 0 saturated heterocycles. The predicted octanol–water partition coefficient (Wildman–Crippen LogP) is 0.315. The maximum Gasteiger partial charge on any atom is 0.212 e. The van der Waals surface area contributed by atoms with Crippen LogP contribution in [-0.2, 0) is 9.84 Å². The largest absolute Gasteiger partial charge is 0.382 e. The fourth-order valence-electron chi connectivity index (χ4n) is 1.10. The van der Waals surface area contributed by atoms with Crippen LogP contribution < -0.4 is 5.73 Å². The maximum absolute atomic E-state index is 11.3. The van der Waals surface area contributed by atoms with Crippen molar-refractivity contribution in [1.82, 2.24) is 14.8 Å². The third kappa shape index (κ3) is 1.73. The molecule has 0 atom stereocenters. The van der Waals surface area contributed by atoms with Crippen molar-refractivity contribution in [3.8, 4) is 5.13 Å². The molecule has 0 aromatic carbocycles. The Morgan fingerprint density at radius 1 is 1.53 bits per heavy atom. The Morgan fingerprint density at radius 2 is 2.27 bits per heavy atom. The quantitative estimate of drug-likeness (QED) is 0.821. The first-order valence-electron chi connectivity index (χ1n) is 3.93. The first-order chi connectivity index (χ1) is 7.00. The molecule has 0 fully saturated rings. The van der Waals surface area contributed by atoms with E-state index in [1.54, 1.807) is 11.6 Å². The number of sulfone groups is 1. The van der Waals surface area contributed by atoms with Gasteiger partial charge in [-0.2, -0.15) is 9.78 Å². The number of aromatic nitrogens is 3. The van der Waals surface area contributed by atoms with Gasteiger partial charge in [-0.3, -0.25) is 0 Å². The lowest BCUT2D eigenvalue weighted by Gasteiger charge is -1.99. The van der Waals surface area contributed by atoms with Crippen molar-refractivity contribution in [3.05, 3.63) is 17.8 Å². The van der Waals surface area contributed by atoms with Crippen molar-refractivity contribution in [3.63, 3.8) is 0 Å². The Kier molecular flexibility index (Phi) is 2.24. The molecule has 2 aromatic heterocycles. The third-order valence-electron chi connectivity index (χ3n) is 1.77. The third-order valence-corrected chi connectivity index (χ3v) is 3.63. The summed E-state index contributed by atoms with van der Waals surface area (Å²) in [5.41, 5.74) is 5.67. The lowest BCUT2D eigenvalue weighted by Crippen LogP contribution is -2.05. The molecule has 0 spiro atoms. The summed E-state index contributed by atoms with van der Waals surface area (Å²) in [4.78, 5) is 4.01. The second-order valence-electron chi connectivity index (χ2n) is 2.89. The van der Waals surface area contributed by atoms with Crippen LogP contribution in [0.3, 0.4) is 0 Å². The molecule has 2 rings (SSSR count). The van der Waals surface area contributed by atoms with E-state index in [1.165, 1.54) is 22.2 Å². The average Bonchev–Trinajstić information content (AvgIpc) is 2.69. The van der Waals surface area contributed by atoms with E-state index in [4.69, 9.17) is 5.73 Å². The Bertz CT molecular complexity index is 570.